The Kier molecular flexibility index (Phi) is 6.37. The predicted molar refractivity (Wildman–Crippen MR) is 117 cm³/mol. The summed E-state index contributed by atoms with van der Waals surface area (Å²) in [5.74, 6) is -1.38. The molecule has 0 amide bonds. The first-order valence-electron chi connectivity index (χ1n) is 9.35. The first kappa shape index (κ1) is 21.3. The van der Waals surface area contributed by atoms with Crippen LogP contribution in [-0.4, -0.2) is 34.4 Å². The van der Waals surface area contributed by atoms with Crippen molar-refractivity contribution in [2.45, 2.75) is 20.8 Å². The summed E-state index contributed by atoms with van der Waals surface area (Å²) < 4.78 is 7.07. The Bertz CT molecular complexity index is 1130. The van der Waals surface area contributed by atoms with E-state index in [9.17, 15) is 9.59 Å². The zero-order valence-electron chi connectivity index (χ0n) is 16.8. The van der Waals surface area contributed by atoms with Crippen LogP contribution in [-0.2, 0) is 4.74 Å². The molecule has 0 saturated carbocycles. The Morgan fingerprint density at radius 1 is 1.10 bits per heavy atom. The molecule has 0 bridgehead atoms. The molecule has 0 unspecified atom stereocenters. The van der Waals surface area contributed by atoms with Crippen LogP contribution in [0.15, 0.2) is 53.5 Å². The molecular formula is C23H21ClN2O4. The van der Waals surface area contributed by atoms with Crippen LogP contribution >= 0.6 is 11.6 Å². The molecule has 0 aliphatic rings. The summed E-state index contributed by atoms with van der Waals surface area (Å²) in [5.41, 5.74) is 4.73. The van der Waals surface area contributed by atoms with Gasteiger partial charge in [0.15, 0.2) is 0 Å². The van der Waals surface area contributed by atoms with Crippen LogP contribution in [0, 0.1) is 13.8 Å². The van der Waals surface area contributed by atoms with E-state index in [0.29, 0.717) is 22.9 Å². The predicted octanol–water partition coefficient (Wildman–Crippen LogP) is 5.37. The quantitative estimate of drug-likeness (QED) is 0.426. The van der Waals surface area contributed by atoms with Gasteiger partial charge in [-0.3, -0.25) is 4.99 Å². The molecule has 30 heavy (non-hydrogen) atoms. The molecule has 0 fully saturated rings. The number of nitrogens with zero attached hydrogens (tertiary/aromatic N) is 2. The number of aromatic nitrogens is 1. The van der Waals surface area contributed by atoms with Crippen LogP contribution in [0.1, 0.15) is 44.6 Å². The zero-order chi connectivity index (χ0) is 21.8. The molecule has 1 aromatic heterocycles. The van der Waals surface area contributed by atoms with E-state index in [1.807, 2.05) is 36.6 Å². The van der Waals surface area contributed by atoms with Crippen molar-refractivity contribution < 1.29 is 19.4 Å². The third-order valence-electron chi connectivity index (χ3n) is 4.64. The summed E-state index contributed by atoms with van der Waals surface area (Å²) in [4.78, 5) is 27.4. The first-order chi connectivity index (χ1) is 14.3. The van der Waals surface area contributed by atoms with Crippen molar-refractivity contribution in [3.8, 4) is 5.69 Å². The number of aryl methyl sites for hydroxylation is 1. The minimum absolute atomic E-state index is 0.124. The van der Waals surface area contributed by atoms with Crippen molar-refractivity contribution in [3.63, 3.8) is 0 Å². The highest BCUT2D eigenvalue weighted by atomic mass is 35.5. The van der Waals surface area contributed by atoms with Gasteiger partial charge >= 0.3 is 11.9 Å². The van der Waals surface area contributed by atoms with Gasteiger partial charge in [-0.2, -0.15) is 0 Å². The number of benzene rings is 2. The minimum atomic E-state index is -1.03. The van der Waals surface area contributed by atoms with Crippen LogP contribution in [0.25, 0.3) is 5.69 Å². The topological polar surface area (TPSA) is 80.9 Å². The zero-order valence-corrected chi connectivity index (χ0v) is 17.6. The van der Waals surface area contributed by atoms with Crippen molar-refractivity contribution in [1.29, 1.82) is 0 Å². The van der Waals surface area contributed by atoms with Crippen LogP contribution in [0.5, 0.6) is 0 Å². The van der Waals surface area contributed by atoms with E-state index in [1.165, 1.54) is 18.2 Å². The fourth-order valence-electron chi connectivity index (χ4n) is 3.16. The van der Waals surface area contributed by atoms with Crippen LogP contribution in [0.4, 0.5) is 5.69 Å². The molecule has 3 aromatic rings. The van der Waals surface area contributed by atoms with E-state index in [4.69, 9.17) is 21.4 Å². The molecule has 1 N–H and O–H groups in total. The van der Waals surface area contributed by atoms with E-state index in [-0.39, 0.29) is 11.5 Å². The van der Waals surface area contributed by atoms with Crippen LogP contribution < -0.4 is 0 Å². The van der Waals surface area contributed by atoms with Gasteiger partial charge in [0, 0.05) is 28.9 Å². The summed E-state index contributed by atoms with van der Waals surface area (Å²) in [6.45, 7) is 6.04. The number of esters is 1. The molecule has 1 heterocycles. The summed E-state index contributed by atoms with van der Waals surface area (Å²) >= 11 is 6.15. The highest BCUT2D eigenvalue weighted by Crippen LogP contribution is 2.27. The van der Waals surface area contributed by atoms with Gasteiger partial charge in [-0.15, -0.1) is 0 Å². The average molecular weight is 425 g/mol. The van der Waals surface area contributed by atoms with Gasteiger partial charge in [0.1, 0.15) is 0 Å². The van der Waals surface area contributed by atoms with Gasteiger partial charge in [0.2, 0.25) is 0 Å². The minimum Gasteiger partial charge on any atom is -0.478 e. The third-order valence-corrected chi connectivity index (χ3v) is 4.96. The van der Waals surface area contributed by atoms with E-state index >= 15 is 0 Å². The largest absolute Gasteiger partial charge is 0.478 e. The van der Waals surface area contributed by atoms with Gasteiger partial charge in [-0.05, 0) is 69.3 Å². The maximum Gasteiger partial charge on any atom is 0.338 e. The number of aliphatic imine (C=N–C) groups is 1. The third kappa shape index (κ3) is 4.44. The second-order valence-electron chi connectivity index (χ2n) is 6.66. The highest BCUT2D eigenvalue weighted by molar-refractivity contribution is 6.33. The number of carbonyl (C=O) groups excluding carboxylic acids is 1. The Balaban J connectivity index is 1.91. The monoisotopic (exact) mass is 424 g/mol. The van der Waals surface area contributed by atoms with Gasteiger partial charge in [-0.1, -0.05) is 11.6 Å². The average Bonchev–Trinajstić information content (AvgIpc) is 3.00. The maximum atomic E-state index is 11.8. The van der Waals surface area contributed by atoms with Crippen molar-refractivity contribution in [3.05, 3.63) is 81.6 Å². The Labute approximate surface area is 179 Å². The lowest BCUT2D eigenvalue weighted by Gasteiger charge is -2.10. The maximum absolute atomic E-state index is 11.8. The molecule has 0 aliphatic carbocycles. The number of ether oxygens (including phenoxy) is 1. The smallest absolute Gasteiger partial charge is 0.338 e. The summed E-state index contributed by atoms with van der Waals surface area (Å²) in [7, 11) is 0. The fraction of sp³-hybridized carbons (Fsp3) is 0.174. The molecule has 6 nitrogen and oxygen atoms in total. The molecule has 7 heteroatoms. The highest BCUT2D eigenvalue weighted by Gasteiger charge is 2.12. The lowest BCUT2D eigenvalue weighted by atomic mass is 10.2. The number of carboxylic acids is 1. The van der Waals surface area contributed by atoms with E-state index in [0.717, 1.165) is 22.6 Å². The number of hydrogen-bond acceptors (Lipinski definition) is 4. The van der Waals surface area contributed by atoms with Gasteiger partial charge in [0.25, 0.3) is 0 Å². The van der Waals surface area contributed by atoms with Gasteiger partial charge in [0.05, 0.1) is 28.4 Å². The lowest BCUT2D eigenvalue weighted by Crippen LogP contribution is -2.05. The van der Waals surface area contributed by atoms with Crippen LogP contribution in [0.3, 0.4) is 0 Å². The molecule has 0 radical (unpaired) electrons. The van der Waals surface area contributed by atoms with Crippen LogP contribution in [0.2, 0.25) is 5.02 Å². The lowest BCUT2D eigenvalue weighted by molar-refractivity contribution is 0.0526. The molecule has 0 aliphatic heterocycles. The molecule has 0 atom stereocenters. The van der Waals surface area contributed by atoms with Crippen molar-refractivity contribution in [2.75, 3.05) is 6.61 Å². The summed E-state index contributed by atoms with van der Waals surface area (Å²) in [5, 5.41) is 9.53. The SMILES string of the molecule is CCOC(=O)c1ccc(-n2c(C)cc(C=Nc3cc(C(=O)O)ccc3Cl)c2C)cc1. The summed E-state index contributed by atoms with van der Waals surface area (Å²) in [6.07, 6.45) is 1.67. The molecular weight excluding hydrogens is 404 g/mol. The van der Waals surface area contributed by atoms with Gasteiger partial charge < -0.3 is 14.4 Å². The number of carboxylic acid groups (broad SMARTS) is 1. The number of carbonyl (C=O) groups is 2. The van der Waals surface area contributed by atoms with E-state index < -0.39 is 5.97 Å². The summed E-state index contributed by atoms with van der Waals surface area (Å²) in [6, 6.07) is 13.6. The second-order valence-corrected chi connectivity index (χ2v) is 7.07. The molecule has 2 aromatic carbocycles. The second kappa shape index (κ2) is 8.97. The Morgan fingerprint density at radius 2 is 1.77 bits per heavy atom. The number of hydrogen-bond donors (Lipinski definition) is 1. The van der Waals surface area contributed by atoms with Gasteiger partial charge in [-0.25, -0.2) is 9.59 Å². The Morgan fingerprint density at radius 3 is 2.40 bits per heavy atom. The number of halogens is 1. The normalized spacial score (nSPS) is 11.1. The fourth-order valence-corrected chi connectivity index (χ4v) is 3.33. The molecule has 0 saturated heterocycles. The van der Waals surface area contributed by atoms with E-state index in [2.05, 4.69) is 4.99 Å². The standard InChI is InChI=1S/C23H21ClN2O4/c1-4-30-23(29)16-5-8-19(9-6-16)26-14(2)11-18(15(26)3)13-25-21-12-17(22(27)28)7-10-20(21)24/h5-13H,4H2,1-3H3,(H,27,28). The molecule has 3 rings (SSSR count). The number of aromatic carboxylic acids is 1. The van der Waals surface area contributed by atoms with Crippen molar-refractivity contribution in [2.24, 2.45) is 4.99 Å². The van der Waals surface area contributed by atoms with Crippen molar-refractivity contribution >= 4 is 35.4 Å². The van der Waals surface area contributed by atoms with E-state index in [1.54, 1.807) is 25.3 Å². The Hall–Kier alpha value is -3.38. The van der Waals surface area contributed by atoms with Crippen molar-refractivity contribution in [1.82, 2.24) is 4.57 Å². The molecule has 154 valence electrons. The molecule has 0 spiro atoms. The number of rotatable bonds is 6. The first-order valence-corrected chi connectivity index (χ1v) is 9.73.